The molecule has 0 N–H and O–H groups in total. The highest BCUT2D eigenvalue weighted by Gasteiger charge is 2.33. The molecule has 172 valence electrons. The highest BCUT2D eigenvalue weighted by molar-refractivity contribution is 6.32. The van der Waals surface area contributed by atoms with E-state index >= 15 is 0 Å². The molecule has 0 spiro atoms. The fourth-order valence-electron chi connectivity index (χ4n) is 3.21. The first kappa shape index (κ1) is 23.7. The van der Waals surface area contributed by atoms with E-state index < -0.39 is 5.97 Å². The lowest BCUT2D eigenvalue weighted by Crippen LogP contribution is -2.36. The zero-order valence-electron chi connectivity index (χ0n) is 18.6. The second-order valence-electron chi connectivity index (χ2n) is 7.51. The van der Waals surface area contributed by atoms with Crippen LogP contribution in [0.15, 0.2) is 36.4 Å². The van der Waals surface area contributed by atoms with E-state index in [1.807, 2.05) is 31.2 Å². The fraction of sp³-hybridized carbons (Fsp3) is 0.417. The van der Waals surface area contributed by atoms with E-state index in [2.05, 4.69) is 0 Å². The molecule has 0 aliphatic heterocycles. The molecule has 1 amide bonds. The quantitative estimate of drug-likeness (QED) is 0.459. The second kappa shape index (κ2) is 11.1. The molecule has 3 rings (SSSR count). The van der Waals surface area contributed by atoms with E-state index in [1.54, 1.807) is 12.0 Å². The maximum absolute atomic E-state index is 12.8. The Balaban J connectivity index is 1.63. The van der Waals surface area contributed by atoms with Gasteiger partial charge in [-0.05, 0) is 49.1 Å². The van der Waals surface area contributed by atoms with Gasteiger partial charge >= 0.3 is 5.97 Å². The number of hydrogen-bond donors (Lipinski definition) is 0. The molecule has 2 aromatic rings. The van der Waals surface area contributed by atoms with Crippen molar-refractivity contribution in [2.75, 3.05) is 27.4 Å². The fourth-order valence-corrected chi connectivity index (χ4v) is 3.48. The number of hydrogen-bond acceptors (Lipinski definition) is 6. The molecule has 7 nitrogen and oxygen atoms in total. The van der Waals surface area contributed by atoms with Crippen LogP contribution in [-0.2, 0) is 16.1 Å². The number of ether oxygens (including phenoxy) is 4. The monoisotopic (exact) mass is 461 g/mol. The number of halogens is 1. The molecule has 1 saturated carbocycles. The van der Waals surface area contributed by atoms with Crippen LogP contribution in [0, 0.1) is 0 Å². The van der Waals surface area contributed by atoms with Gasteiger partial charge in [-0.1, -0.05) is 30.7 Å². The van der Waals surface area contributed by atoms with Crippen molar-refractivity contribution in [3.05, 3.63) is 52.5 Å². The Labute approximate surface area is 193 Å². The van der Waals surface area contributed by atoms with Gasteiger partial charge in [0.2, 0.25) is 0 Å². The molecule has 2 aromatic carbocycles. The highest BCUT2D eigenvalue weighted by atomic mass is 35.5. The van der Waals surface area contributed by atoms with Crippen molar-refractivity contribution in [2.45, 2.75) is 38.8 Å². The maximum Gasteiger partial charge on any atom is 0.338 e. The minimum atomic E-state index is -0.652. The van der Waals surface area contributed by atoms with Crippen molar-refractivity contribution in [3.8, 4) is 17.2 Å². The van der Waals surface area contributed by atoms with Gasteiger partial charge < -0.3 is 23.8 Å². The largest absolute Gasteiger partial charge is 0.497 e. The summed E-state index contributed by atoms with van der Waals surface area (Å²) in [6, 6.07) is 10.7. The summed E-state index contributed by atoms with van der Waals surface area (Å²) >= 11 is 6.27. The molecule has 8 heteroatoms. The highest BCUT2D eigenvalue weighted by Crippen LogP contribution is 2.37. The molecule has 0 heterocycles. The minimum Gasteiger partial charge on any atom is -0.497 e. The summed E-state index contributed by atoms with van der Waals surface area (Å²) in [4.78, 5) is 27.1. The first-order chi connectivity index (χ1) is 15.5. The van der Waals surface area contributed by atoms with Crippen LogP contribution in [0.25, 0.3) is 0 Å². The predicted molar refractivity (Wildman–Crippen MR) is 121 cm³/mol. The van der Waals surface area contributed by atoms with Crippen molar-refractivity contribution >= 4 is 23.5 Å². The Kier molecular flexibility index (Phi) is 8.22. The van der Waals surface area contributed by atoms with Gasteiger partial charge in [0.15, 0.2) is 18.1 Å². The Morgan fingerprint density at radius 2 is 1.81 bits per heavy atom. The zero-order valence-corrected chi connectivity index (χ0v) is 19.3. The van der Waals surface area contributed by atoms with E-state index in [1.165, 1.54) is 19.2 Å². The van der Waals surface area contributed by atoms with E-state index in [0.717, 1.165) is 30.6 Å². The summed E-state index contributed by atoms with van der Waals surface area (Å²) in [6.45, 7) is 2.55. The minimum absolute atomic E-state index is 0.174. The molecule has 32 heavy (non-hydrogen) atoms. The molecule has 1 fully saturated rings. The van der Waals surface area contributed by atoms with Crippen LogP contribution in [0.2, 0.25) is 5.02 Å². The number of rotatable bonds is 11. The number of methoxy groups -OCH3 is 2. The SMILES string of the molecule is CCCOc1c(Cl)cc(C(=O)OCC(=O)N(Cc2ccc(OC)cc2)C2CC2)cc1OC. The Hall–Kier alpha value is -2.93. The molecule has 0 atom stereocenters. The number of nitrogens with zero attached hydrogens (tertiary/aromatic N) is 1. The topological polar surface area (TPSA) is 74.3 Å². The molecule has 1 aliphatic rings. The molecule has 0 unspecified atom stereocenters. The average Bonchev–Trinajstić information content (AvgIpc) is 3.65. The number of carbonyl (C=O) groups is 2. The molecule has 0 aromatic heterocycles. The summed E-state index contributed by atoms with van der Waals surface area (Å²) in [5.41, 5.74) is 1.17. The zero-order chi connectivity index (χ0) is 23.1. The van der Waals surface area contributed by atoms with Crippen LogP contribution in [0.5, 0.6) is 17.2 Å². The lowest BCUT2D eigenvalue weighted by Gasteiger charge is -2.22. The number of esters is 1. The molecular weight excluding hydrogens is 434 g/mol. The third-order valence-corrected chi connectivity index (χ3v) is 5.34. The van der Waals surface area contributed by atoms with Crippen molar-refractivity contribution in [1.82, 2.24) is 4.90 Å². The lowest BCUT2D eigenvalue weighted by molar-refractivity contribution is -0.135. The lowest BCUT2D eigenvalue weighted by atomic mass is 10.2. The van der Waals surface area contributed by atoms with Crippen molar-refractivity contribution in [2.24, 2.45) is 0 Å². The van der Waals surface area contributed by atoms with Gasteiger partial charge in [-0.15, -0.1) is 0 Å². The summed E-state index contributed by atoms with van der Waals surface area (Å²) < 4.78 is 21.4. The van der Waals surface area contributed by atoms with Crippen LogP contribution in [0.1, 0.15) is 42.1 Å². The van der Waals surface area contributed by atoms with Crippen LogP contribution in [-0.4, -0.2) is 50.3 Å². The van der Waals surface area contributed by atoms with Gasteiger partial charge in [0.05, 0.1) is 31.4 Å². The smallest absolute Gasteiger partial charge is 0.338 e. The first-order valence-electron chi connectivity index (χ1n) is 10.6. The van der Waals surface area contributed by atoms with E-state index in [4.69, 9.17) is 30.5 Å². The molecule has 0 radical (unpaired) electrons. The van der Waals surface area contributed by atoms with Crippen LogP contribution in [0.4, 0.5) is 0 Å². The third-order valence-electron chi connectivity index (χ3n) is 5.06. The van der Waals surface area contributed by atoms with Gasteiger partial charge in [-0.2, -0.15) is 0 Å². The molecule has 0 saturated heterocycles. The number of carbonyl (C=O) groups excluding carboxylic acids is 2. The summed E-state index contributed by atoms with van der Waals surface area (Å²) in [6.07, 6.45) is 2.70. The molecule has 0 bridgehead atoms. The number of amides is 1. The summed E-state index contributed by atoms with van der Waals surface area (Å²) in [5, 5.41) is 0.246. The van der Waals surface area contributed by atoms with E-state index in [9.17, 15) is 9.59 Å². The van der Waals surface area contributed by atoms with Crippen LogP contribution < -0.4 is 14.2 Å². The third kappa shape index (κ3) is 6.07. The normalized spacial score (nSPS) is 12.8. The van der Waals surface area contributed by atoms with E-state index in [-0.39, 0.29) is 29.1 Å². The summed E-state index contributed by atoms with van der Waals surface area (Å²) in [7, 11) is 3.08. The maximum atomic E-state index is 12.8. The Morgan fingerprint density at radius 1 is 1.09 bits per heavy atom. The standard InChI is InChI=1S/C24H28ClNO6/c1-4-11-31-23-20(25)12-17(13-21(23)30-3)24(28)32-15-22(27)26(18-7-8-18)14-16-5-9-19(29-2)10-6-16/h5-6,9-10,12-13,18H,4,7-8,11,14-15H2,1-3H3. The van der Waals surface area contributed by atoms with Gasteiger partial charge in [0.1, 0.15) is 5.75 Å². The van der Waals surface area contributed by atoms with Gasteiger partial charge in [-0.3, -0.25) is 4.79 Å². The average molecular weight is 462 g/mol. The Morgan fingerprint density at radius 3 is 2.41 bits per heavy atom. The molecular formula is C24H28ClNO6. The van der Waals surface area contributed by atoms with Crippen molar-refractivity contribution in [1.29, 1.82) is 0 Å². The second-order valence-corrected chi connectivity index (χ2v) is 7.92. The van der Waals surface area contributed by atoms with Crippen molar-refractivity contribution < 1.29 is 28.5 Å². The van der Waals surface area contributed by atoms with Gasteiger partial charge in [0.25, 0.3) is 5.91 Å². The van der Waals surface area contributed by atoms with Gasteiger partial charge in [0, 0.05) is 12.6 Å². The van der Waals surface area contributed by atoms with Crippen LogP contribution >= 0.6 is 11.6 Å². The van der Waals surface area contributed by atoms with Crippen molar-refractivity contribution in [3.63, 3.8) is 0 Å². The van der Waals surface area contributed by atoms with E-state index in [0.29, 0.717) is 24.7 Å². The summed E-state index contributed by atoms with van der Waals surface area (Å²) in [5.74, 6) is 0.581. The van der Waals surface area contributed by atoms with Crippen LogP contribution in [0.3, 0.4) is 0 Å². The molecule has 1 aliphatic carbocycles. The predicted octanol–water partition coefficient (Wildman–Crippen LogP) is 4.49. The van der Waals surface area contributed by atoms with Gasteiger partial charge in [-0.25, -0.2) is 4.79 Å². The first-order valence-corrected chi connectivity index (χ1v) is 10.9. The number of benzene rings is 2. The Bertz CT molecular complexity index is 942.